The molecule has 1 rings (SSSR count). The van der Waals surface area contributed by atoms with Crippen LogP contribution in [0.15, 0.2) is 24.4 Å². The van der Waals surface area contributed by atoms with Crippen LogP contribution in [0.3, 0.4) is 0 Å². The predicted octanol–water partition coefficient (Wildman–Crippen LogP) is 1.08. The molecule has 84 valence electrons. The summed E-state index contributed by atoms with van der Waals surface area (Å²) >= 11 is 5.41. The second-order valence-electron chi connectivity index (χ2n) is 3.08. The van der Waals surface area contributed by atoms with Crippen molar-refractivity contribution in [1.29, 1.82) is 0 Å². The van der Waals surface area contributed by atoms with Gasteiger partial charge >= 0.3 is 0 Å². The highest BCUT2D eigenvalue weighted by Crippen LogP contribution is 2.05. The molecule has 0 aliphatic heterocycles. The quantitative estimate of drug-likeness (QED) is 0.733. The molecule has 0 saturated carbocycles. The minimum atomic E-state index is -3.25. The van der Waals surface area contributed by atoms with Crippen LogP contribution in [0.1, 0.15) is 5.69 Å². The van der Waals surface area contributed by atoms with Gasteiger partial charge in [-0.25, -0.2) is 8.42 Å². The third-order valence-corrected chi connectivity index (χ3v) is 4.13. The molecule has 15 heavy (non-hydrogen) atoms. The molecule has 0 spiro atoms. The summed E-state index contributed by atoms with van der Waals surface area (Å²) in [5.41, 5.74) is 0.721. The van der Waals surface area contributed by atoms with Gasteiger partial charge in [0, 0.05) is 19.1 Å². The monoisotopic (exact) mass is 248 g/mol. The van der Waals surface area contributed by atoms with E-state index in [0.29, 0.717) is 0 Å². The van der Waals surface area contributed by atoms with Gasteiger partial charge in [0.15, 0.2) is 0 Å². The van der Waals surface area contributed by atoms with E-state index in [-0.39, 0.29) is 18.2 Å². The first-order valence-electron chi connectivity index (χ1n) is 4.46. The SMILES string of the molecule is CN(Cc1ccccn1)S(=O)(=O)CCCl. The van der Waals surface area contributed by atoms with Crippen LogP contribution in [0.5, 0.6) is 0 Å². The van der Waals surface area contributed by atoms with Crippen molar-refractivity contribution < 1.29 is 8.42 Å². The predicted molar refractivity (Wildman–Crippen MR) is 60.2 cm³/mol. The van der Waals surface area contributed by atoms with Crippen molar-refractivity contribution >= 4 is 21.6 Å². The summed E-state index contributed by atoms with van der Waals surface area (Å²) in [6.07, 6.45) is 1.64. The molecule has 1 heterocycles. The zero-order valence-corrected chi connectivity index (χ0v) is 10.0. The summed E-state index contributed by atoms with van der Waals surface area (Å²) in [5, 5.41) is 0. The van der Waals surface area contributed by atoms with E-state index >= 15 is 0 Å². The number of nitrogens with zero attached hydrogens (tertiary/aromatic N) is 2. The van der Waals surface area contributed by atoms with Crippen LogP contribution in [0.25, 0.3) is 0 Å². The van der Waals surface area contributed by atoms with E-state index < -0.39 is 10.0 Å². The summed E-state index contributed by atoms with van der Waals surface area (Å²) < 4.78 is 24.4. The van der Waals surface area contributed by atoms with Crippen LogP contribution in [0, 0.1) is 0 Å². The zero-order chi connectivity index (χ0) is 11.3. The van der Waals surface area contributed by atoms with Gasteiger partial charge < -0.3 is 0 Å². The lowest BCUT2D eigenvalue weighted by atomic mass is 10.3. The van der Waals surface area contributed by atoms with Crippen molar-refractivity contribution in [3.05, 3.63) is 30.1 Å². The van der Waals surface area contributed by atoms with Crippen LogP contribution < -0.4 is 0 Å². The molecule has 0 aromatic carbocycles. The molecule has 6 heteroatoms. The molecule has 0 radical (unpaired) electrons. The summed E-state index contributed by atoms with van der Waals surface area (Å²) in [6, 6.07) is 5.40. The van der Waals surface area contributed by atoms with Crippen molar-refractivity contribution in [2.24, 2.45) is 0 Å². The number of sulfonamides is 1. The molecule has 4 nitrogen and oxygen atoms in total. The van der Waals surface area contributed by atoms with Gasteiger partial charge in [-0.3, -0.25) is 4.98 Å². The molecule has 0 aliphatic carbocycles. The topological polar surface area (TPSA) is 50.3 Å². The first kappa shape index (κ1) is 12.4. The van der Waals surface area contributed by atoms with Gasteiger partial charge in [0.05, 0.1) is 18.0 Å². The molecule has 0 bridgehead atoms. The maximum absolute atomic E-state index is 11.5. The fourth-order valence-electron chi connectivity index (χ4n) is 1.07. The second kappa shape index (κ2) is 5.44. The summed E-state index contributed by atoms with van der Waals surface area (Å²) in [7, 11) is -1.72. The smallest absolute Gasteiger partial charge is 0.215 e. The summed E-state index contributed by atoms with van der Waals surface area (Å²) in [6.45, 7) is 0.278. The molecule has 0 aliphatic rings. The average molecular weight is 249 g/mol. The average Bonchev–Trinajstić information content (AvgIpc) is 2.19. The van der Waals surface area contributed by atoms with E-state index in [0.717, 1.165) is 5.69 Å². The highest BCUT2D eigenvalue weighted by Gasteiger charge is 2.17. The fraction of sp³-hybridized carbons (Fsp3) is 0.444. The van der Waals surface area contributed by atoms with E-state index in [1.54, 1.807) is 18.3 Å². The molecule has 0 unspecified atom stereocenters. The lowest BCUT2D eigenvalue weighted by Gasteiger charge is -2.15. The molecule has 1 aromatic heterocycles. The molecule has 0 N–H and O–H groups in total. The van der Waals surface area contributed by atoms with E-state index in [2.05, 4.69) is 4.98 Å². The lowest BCUT2D eigenvalue weighted by molar-refractivity contribution is 0.463. The lowest BCUT2D eigenvalue weighted by Crippen LogP contribution is -2.29. The highest BCUT2D eigenvalue weighted by atomic mass is 35.5. The van der Waals surface area contributed by atoms with Crippen molar-refractivity contribution in [3.8, 4) is 0 Å². The van der Waals surface area contributed by atoms with Gasteiger partial charge in [-0.15, -0.1) is 11.6 Å². The molecule has 0 atom stereocenters. The molecule has 0 amide bonds. The Hall–Kier alpha value is -0.650. The van der Waals surface area contributed by atoms with Crippen molar-refractivity contribution in [2.75, 3.05) is 18.7 Å². The maximum Gasteiger partial charge on any atom is 0.215 e. The number of hydrogen-bond donors (Lipinski definition) is 0. The zero-order valence-electron chi connectivity index (χ0n) is 8.43. The minimum Gasteiger partial charge on any atom is -0.260 e. The maximum atomic E-state index is 11.5. The number of pyridine rings is 1. The van der Waals surface area contributed by atoms with Gasteiger partial charge in [-0.2, -0.15) is 4.31 Å². The summed E-state index contributed by atoms with van der Waals surface area (Å²) in [4.78, 5) is 4.05. The van der Waals surface area contributed by atoms with Crippen molar-refractivity contribution in [1.82, 2.24) is 9.29 Å². The standard InChI is InChI=1S/C9H13ClN2O2S/c1-12(15(13,14)7-5-10)8-9-4-2-3-6-11-9/h2-4,6H,5,7-8H2,1H3. The van der Waals surface area contributed by atoms with Crippen molar-refractivity contribution in [3.63, 3.8) is 0 Å². The first-order valence-corrected chi connectivity index (χ1v) is 6.60. The Morgan fingerprint density at radius 2 is 2.20 bits per heavy atom. The van der Waals surface area contributed by atoms with Crippen LogP contribution in [0.4, 0.5) is 0 Å². The second-order valence-corrected chi connectivity index (χ2v) is 5.66. The van der Waals surface area contributed by atoms with Gasteiger partial charge in [0.2, 0.25) is 10.0 Å². The molecular weight excluding hydrogens is 236 g/mol. The molecule has 0 fully saturated rings. The van der Waals surface area contributed by atoms with Gasteiger partial charge in [-0.1, -0.05) is 6.07 Å². The molecule has 1 aromatic rings. The Bertz CT molecular complexity index is 394. The van der Waals surface area contributed by atoms with Gasteiger partial charge in [-0.05, 0) is 12.1 Å². The van der Waals surface area contributed by atoms with Gasteiger partial charge in [0.25, 0.3) is 0 Å². The Kier molecular flexibility index (Phi) is 4.50. The van der Waals surface area contributed by atoms with E-state index in [1.807, 2.05) is 6.07 Å². The molecule has 0 saturated heterocycles. The van der Waals surface area contributed by atoms with Crippen molar-refractivity contribution in [2.45, 2.75) is 6.54 Å². The fourth-order valence-corrected chi connectivity index (χ4v) is 2.49. The van der Waals surface area contributed by atoms with E-state index in [1.165, 1.54) is 11.4 Å². The number of aromatic nitrogens is 1. The third kappa shape index (κ3) is 3.77. The van der Waals surface area contributed by atoms with Crippen LogP contribution in [-0.4, -0.2) is 36.4 Å². The Morgan fingerprint density at radius 3 is 2.73 bits per heavy atom. The van der Waals surface area contributed by atoms with E-state index in [9.17, 15) is 8.42 Å². The number of hydrogen-bond acceptors (Lipinski definition) is 3. The Labute approximate surface area is 94.9 Å². The molecular formula is C9H13ClN2O2S. The van der Waals surface area contributed by atoms with E-state index in [4.69, 9.17) is 11.6 Å². The Balaban J connectivity index is 2.68. The normalized spacial score (nSPS) is 11.9. The van der Waals surface area contributed by atoms with Crippen LogP contribution >= 0.6 is 11.6 Å². The third-order valence-electron chi connectivity index (χ3n) is 1.92. The number of alkyl halides is 1. The number of rotatable bonds is 5. The minimum absolute atomic E-state index is 0.0438. The first-order chi connectivity index (χ1) is 7.06. The largest absolute Gasteiger partial charge is 0.260 e. The Morgan fingerprint density at radius 1 is 1.47 bits per heavy atom. The number of halogens is 1. The highest BCUT2D eigenvalue weighted by molar-refractivity contribution is 7.89. The van der Waals surface area contributed by atoms with Gasteiger partial charge in [0.1, 0.15) is 0 Å². The summed E-state index contributed by atoms with van der Waals surface area (Å²) in [5.74, 6) is 0.0623. The van der Waals surface area contributed by atoms with Crippen LogP contribution in [0.2, 0.25) is 0 Å². The van der Waals surface area contributed by atoms with Crippen LogP contribution in [-0.2, 0) is 16.6 Å².